The van der Waals surface area contributed by atoms with E-state index in [0.29, 0.717) is 5.92 Å². The molecule has 0 saturated heterocycles. The predicted molar refractivity (Wildman–Crippen MR) is 73.5 cm³/mol. The molecule has 1 aromatic carbocycles. The highest BCUT2D eigenvalue weighted by molar-refractivity contribution is 5.81. The summed E-state index contributed by atoms with van der Waals surface area (Å²) in [5.74, 6) is -0.589. The van der Waals surface area contributed by atoms with Crippen LogP contribution in [0, 0.1) is 0 Å². The standard InChI is InChI=1S/C15H18N2O3/c18-14(19)9-17(11-6-7-11)15(20)16-13-8-12(13)10-4-2-1-3-5-10/h1-5,11-13H,6-9H2,(H,16,20)(H,18,19). The van der Waals surface area contributed by atoms with E-state index in [9.17, 15) is 9.59 Å². The molecule has 5 heteroatoms. The number of carbonyl (C=O) groups excluding carboxylic acids is 1. The molecule has 0 aromatic heterocycles. The summed E-state index contributed by atoms with van der Waals surface area (Å²) in [6.45, 7) is -0.209. The van der Waals surface area contributed by atoms with Crippen molar-refractivity contribution in [2.24, 2.45) is 0 Å². The molecular formula is C15H18N2O3. The quantitative estimate of drug-likeness (QED) is 0.860. The maximum atomic E-state index is 12.1. The molecule has 2 aliphatic rings. The number of amides is 2. The zero-order valence-corrected chi connectivity index (χ0v) is 11.2. The maximum Gasteiger partial charge on any atom is 0.323 e. The maximum absolute atomic E-state index is 12.1. The minimum absolute atomic E-state index is 0.111. The second-order valence-electron chi connectivity index (χ2n) is 5.56. The van der Waals surface area contributed by atoms with Crippen molar-refractivity contribution in [3.63, 3.8) is 0 Å². The monoisotopic (exact) mass is 274 g/mol. The Kier molecular flexibility index (Phi) is 3.34. The molecule has 5 nitrogen and oxygen atoms in total. The summed E-state index contributed by atoms with van der Waals surface area (Å²) in [7, 11) is 0. The number of urea groups is 1. The van der Waals surface area contributed by atoms with E-state index < -0.39 is 5.97 Å². The Morgan fingerprint density at radius 1 is 1.25 bits per heavy atom. The average Bonchev–Trinajstić information content (AvgIpc) is 3.31. The van der Waals surface area contributed by atoms with Crippen LogP contribution in [-0.4, -0.2) is 40.6 Å². The first-order valence-electron chi connectivity index (χ1n) is 6.99. The van der Waals surface area contributed by atoms with E-state index in [1.54, 1.807) is 0 Å². The Morgan fingerprint density at radius 3 is 2.55 bits per heavy atom. The molecule has 0 heterocycles. The Hall–Kier alpha value is -2.04. The van der Waals surface area contributed by atoms with Gasteiger partial charge >= 0.3 is 12.0 Å². The lowest BCUT2D eigenvalue weighted by Crippen LogP contribution is -2.45. The fourth-order valence-corrected chi connectivity index (χ4v) is 2.56. The first-order valence-corrected chi connectivity index (χ1v) is 6.99. The fourth-order valence-electron chi connectivity index (χ4n) is 2.56. The summed E-state index contributed by atoms with van der Waals surface area (Å²) < 4.78 is 0. The Bertz CT molecular complexity index is 513. The summed E-state index contributed by atoms with van der Waals surface area (Å²) in [6, 6.07) is 10.1. The van der Waals surface area contributed by atoms with Gasteiger partial charge in [0, 0.05) is 18.0 Å². The molecule has 2 unspecified atom stereocenters. The highest BCUT2D eigenvalue weighted by Gasteiger charge is 2.42. The van der Waals surface area contributed by atoms with Crippen LogP contribution in [0.25, 0.3) is 0 Å². The van der Waals surface area contributed by atoms with Gasteiger partial charge < -0.3 is 15.3 Å². The van der Waals surface area contributed by atoms with Crippen molar-refractivity contribution in [2.75, 3.05) is 6.54 Å². The van der Waals surface area contributed by atoms with E-state index in [-0.39, 0.29) is 24.7 Å². The predicted octanol–water partition coefficient (Wildman–Crippen LogP) is 1.80. The van der Waals surface area contributed by atoms with Crippen LogP contribution < -0.4 is 5.32 Å². The molecule has 0 radical (unpaired) electrons. The Morgan fingerprint density at radius 2 is 1.95 bits per heavy atom. The topological polar surface area (TPSA) is 69.6 Å². The van der Waals surface area contributed by atoms with Gasteiger partial charge in [-0.2, -0.15) is 0 Å². The zero-order valence-electron chi connectivity index (χ0n) is 11.2. The van der Waals surface area contributed by atoms with Gasteiger partial charge in [0.25, 0.3) is 0 Å². The smallest absolute Gasteiger partial charge is 0.323 e. The molecular weight excluding hydrogens is 256 g/mol. The highest BCUT2D eigenvalue weighted by atomic mass is 16.4. The van der Waals surface area contributed by atoms with Crippen LogP contribution in [0.15, 0.2) is 30.3 Å². The Labute approximate surface area is 117 Å². The van der Waals surface area contributed by atoms with Gasteiger partial charge in [-0.05, 0) is 24.8 Å². The number of carbonyl (C=O) groups is 2. The average molecular weight is 274 g/mol. The third-order valence-corrected chi connectivity index (χ3v) is 3.88. The Balaban J connectivity index is 1.56. The summed E-state index contributed by atoms with van der Waals surface area (Å²) in [4.78, 5) is 24.4. The van der Waals surface area contributed by atoms with Gasteiger partial charge in [0.15, 0.2) is 0 Å². The lowest BCUT2D eigenvalue weighted by molar-refractivity contribution is -0.137. The third kappa shape index (κ3) is 2.92. The largest absolute Gasteiger partial charge is 0.480 e. The minimum atomic E-state index is -0.956. The highest BCUT2D eigenvalue weighted by Crippen LogP contribution is 2.41. The lowest BCUT2D eigenvalue weighted by atomic mass is 10.1. The molecule has 1 aromatic rings. The molecule has 2 N–H and O–H groups in total. The number of carboxylic acids is 1. The summed E-state index contributed by atoms with van der Waals surface area (Å²) in [5, 5.41) is 11.8. The van der Waals surface area contributed by atoms with E-state index in [1.165, 1.54) is 10.5 Å². The summed E-state index contributed by atoms with van der Waals surface area (Å²) in [6.07, 6.45) is 2.75. The molecule has 2 fully saturated rings. The van der Waals surface area contributed by atoms with Gasteiger partial charge in [-0.3, -0.25) is 4.79 Å². The molecule has 0 bridgehead atoms. The van der Waals surface area contributed by atoms with Crippen molar-refractivity contribution in [3.05, 3.63) is 35.9 Å². The second-order valence-corrected chi connectivity index (χ2v) is 5.56. The molecule has 0 spiro atoms. The van der Waals surface area contributed by atoms with Crippen LogP contribution in [0.4, 0.5) is 4.79 Å². The van der Waals surface area contributed by atoms with E-state index >= 15 is 0 Å². The van der Waals surface area contributed by atoms with Crippen molar-refractivity contribution in [1.82, 2.24) is 10.2 Å². The van der Waals surface area contributed by atoms with Crippen molar-refractivity contribution in [3.8, 4) is 0 Å². The van der Waals surface area contributed by atoms with Crippen molar-refractivity contribution in [2.45, 2.75) is 37.3 Å². The normalized spacial score (nSPS) is 24.0. The van der Waals surface area contributed by atoms with Crippen LogP contribution in [-0.2, 0) is 4.79 Å². The molecule has 0 aliphatic heterocycles. The second kappa shape index (κ2) is 5.15. The number of benzene rings is 1. The van der Waals surface area contributed by atoms with Gasteiger partial charge in [0.05, 0.1) is 0 Å². The van der Waals surface area contributed by atoms with Gasteiger partial charge in [-0.1, -0.05) is 30.3 Å². The SMILES string of the molecule is O=C(O)CN(C(=O)NC1CC1c1ccccc1)C1CC1. The van der Waals surface area contributed by atoms with E-state index in [1.807, 2.05) is 18.2 Å². The zero-order chi connectivity index (χ0) is 14.1. The van der Waals surface area contributed by atoms with Crippen LogP contribution in [0.5, 0.6) is 0 Å². The van der Waals surface area contributed by atoms with E-state index in [4.69, 9.17) is 5.11 Å². The first-order chi connectivity index (χ1) is 9.65. The molecule has 20 heavy (non-hydrogen) atoms. The van der Waals surface area contributed by atoms with Crippen molar-refractivity contribution < 1.29 is 14.7 Å². The molecule has 3 rings (SSSR count). The van der Waals surface area contributed by atoms with Gasteiger partial charge in [-0.25, -0.2) is 4.79 Å². The molecule has 106 valence electrons. The lowest BCUT2D eigenvalue weighted by Gasteiger charge is -2.20. The molecule has 2 amide bonds. The van der Waals surface area contributed by atoms with E-state index in [2.05, 4.69) is 17.4 Å². The first kappa shape index (κ1) is 13.0. The number of nitrogens with zero attached hydrogens (tertiary/aromatic N) is 1. The summed E-state index contributed by atoms with van der Waals surface area (Å²) >= 11 is 0. The number of aliphatic carboxylic acids is 1. The van der Waals surface area contributed by atoms with E-state index in [0.717, 1.165) is 19.3 Å². The van der Waals surface area contributed by atoms with Crippen molar-refractivity contribution >= 4 is 12.0 Å². The number of rotatable bonds is 5. The van der Waals surface area contributed by atoms with Gasteiger partial charge in [-0.15, -0.1) is 0 Å². The van der Waals surface area contributed by atoms with Gasteiger partial charge in [0.2, 0.25) is 0 Å². The molecule has 2 aliphatic carbocycles. The van der Waals surface area contributed by atoms with Crippen LogP contribution in [0.2, 0.25) is 0 Å². The summed E-state index contributed by atoms with van der Waals surface area (Å²) in [5.41, 5.74) is 1.23. The number of carboxylic acid groups (broad SMARTS) is 1. The van der Waals surface area contributed by atoms with Gasteiger partial charge in [0.1, 0.15) is 6.54 Å². The minimum Gasteiger partial charge on any atom is -0.480 e. The number of nitrogens with one attached hydrogen (secondary N) is 1. The van der Waals surface area contributed by atoms with Crippen LogP contribution >= 0.6 is 0 Å². The van der Waals surface area contributed by atoms with Crippen LogP contribution in [0.3, 0.4) is 0 Å². The van der Waals surface area contributed by atoms with Crippen LogP contribution in [0.1, 0.15) is 30.7 Å². The third-order valence-electron chi connectivity index (χ3n) is 3.88. The number of hydrogen-bond acceptors (Lipinski definition) is 2. The number of hydrogen-bond donors (Lipinski definition) is 2. The molecule has 2 saturated carbocycles. The fraction of sp³-hybridized carbons (Fsp3) is 0.467. The molecule has 2 atom stereocenters. The van der Waals surface area contributed by atoms with Crippen molar-refractivity contribution in [1.29, 1.82) is 0 Å².